The molecule has 0 aliphatic heterocycles. The third kappa shape index (κ3) is 3.13. The van der Waals surface area contributed by atoms with Crippen LogP contribution in [0.3, 0.4) is 0 Å². The van der Waals surface area contributed by atoms with Crippen LogP contribution in [-0.4, -0.2) is 20.5 Å². The zero-order chi connectivity index (χ0) is 14.7. The molecule has 2 aromatic rings. The molecule has 0 aliphatic carbocycles. The maximum Gasteiger partial charge on any atom is 0.170 e. The van der Waals surface area contributed by atoms with Crippen molar-refractivity contribution >= 4 is 5.78 Å². The summed E-state index contributed by atoms with van der Waals surface area (Å²) in [5.74, 6) is 1.27. The summed E-state index contributed by atoms with van der Waals surface area (Å²) in [6.45, 7) is 8.34. The Morgan fingerprint density at radius 2 is 1.80 bits per heavy atom. The smallest absolute Gasteiger partial charge is 0.170 e. The molecule has 0 amide bonds. The van der Waals surface area contributed by atoms with Crippen LogP contribution in [0.15, 0.2) is 30.6 Å². The van der Waals surface area contributed by atoms with Crippen molar-refractivity contribution in [2.24, 2.45) is 0 Å². The standard InChI is InChI=1S/C16H21N3O/c1-11(2)13-5-7-14(8-6-13)15(20)9-16-17-10-18-19(16)12(3)4/h5-8,10-12H,9H2,1-4H3. The topological polar surface area (TPSA) is 47.8 Å². The summed E-state index contributed by atoms with van der Waals surface area (Å²) in [6.07, 6.45) is 1.80. The zero-order valence-corrected chi connectivity index (χ0v) is 12.5. The van der Waals surface area contributed by atoms with Crippen LogP contribution in [0.5, 0.6) is 0 Å². The lowest BCUT2D eigenvalue weighted by Crippen LogP contribution is -2.13. The molecule has 0 atom stereocenters. The normalized spacial score (nSPS) is 11.3. The van der Waals surface area contributed by atoms with Gasteiger partial charge in [0.05, 0.1) is 6.42 Å². The number of hydrogen-bond donors (Lipinski definition) is 0. The second-order valence-electron chi connectivity index (χ2n) is 5.59. The molecule has 0 radical (unpaired) electrons. The van der Waals surface area contributed by atoms with E-state index in [-0.39, 0.29) is 11.8 Å². The van der Waals surface area contributed by atoms with Gasteiger partial charge in [-0.3, -0.25) is 4.79 Å². The van der Waals surface area contributed by atoms with Gasteiger partial charge in [-0.2, -0.15) is 5.10 Å². The SMILES string of the molecule is CC(C)c1ccc(C(=O)Cc2ncnn2C(C)C)cc1. The second kappa shape index (κ2) is 5.99. The molecule has 0 spiro atoms. The third-order valence-corrected chi connectivity index (χ3v) is 3.35. The number of carbonyl (C=O) groups is 1. The number of rotatable bonds is 5. The fraction of sp³-hybridized carbons (Fsp3) is 0.438. The highest BCUT2D eigenvalue weighted by Gasteiger charge is 2.14. The van der Waals surface area contributed by atoms with Crippen molar-refractivity contribution < 1.29 is 4.79 Å². The minimum atomic E-state index is 0.0789. The van der Waals surface area contributed by atoms with Crippen molar-refractivity contribution in [1.82, 2.24) is 14.8 Å². The number of benzene rings is 1. The van der Waals surface area contributed by atoms with Crippen LogP contribution in [0.1, 0.15) is 61.4 Å². The van der Waals surface area contributed by atoms with Gasteiger partial charge in [0, 0.05) is 11.6 Å². The average molecular weight is 271 g/mol. The van der Waals surface area contributed by atoms with Crippen molar-refractivity contribution in [3.05, 3.63) is 47.5 Å². The third-order valence-electron chi connectivity index (χ3n) is 3.35. The molecule has 2 rings (SSSR count). The van der Waals surface area contributed by atoms with Gasteiger partial charge in [0.1, 0.15) is 12.2 Å². The fourth-order valence-electron chi connectivity index (χ4n) is 2.13. The summed E-state index contributed by atoms with van der Waals surface area (Å²) in [7, 11) is 0. The van der Waals surface area contributed by atoms with E-state index in [0.29, 0.717) is 12.3 Å². The summed E-state index contributed by atoms with van der Waals surface area (Å²) in [6, 6.07) is 8.04. The predicted octanol–water partition coefficient (Wildman–Crippen LogP) is 3.41. The Bertz CT molecular complexity index is 582. The highest BCUT2D eigenvalue weighted by molar-refractivity contribution is 5.97. The number of hydrogen-bond acceptors (Lipinski definition) is 3. The van der Waals surface area contributed by atoms with Gasteiger partial charge in [-0.05, 0) is 25.3 Å². The molecule has 0 aliphatic rings. The molecule has 0 N–H and O–H groups in total. The summed E-state index contributed by atoms with van der Waals surface area (Å²) in [5, 5.41) is 4.15. The van der Waals surface area contributed by atoms with Gasteiger partial charge in [-0.15, -0.1) is 0 Å². The van der Waals surface area contributed by atoms with Crippen molar-refractivity contribution in [2.45, 2.75) is 46.1 Å². The van der Waals surface area contributed by atoms with Crippen molar-refractivity contribution in [1.29, 1.82) is 0 Å². The summed E-state index contributed by atoms with van der Waals surface area (Å²) < 4.78 is 1.79. The molecular formula is C16H21N3O. The lowest BCUT2D eigenvalue weighted by Gasteiger charge is -2.09. The molecule has 4 nitrogen and oxygen atoms in total. The summed E-state index contributed by atoms with van der Waals surface area (Å²) >= 11 is 0. The van der Waals surface area contributed by atoms with Crippen LogP contribution in [0.2, 0.25) is 0 Å². The first-order valence-corrected chi connectivity index (χ1v) is 7.00. The van der Waals surface area contributed by atoms with Gasteiger partial charge in [-0.1, -0.05) is 38.1 Å². The first-order valence-electron chi connectivity index (χ1n) is 7.00. The van der Waals surface area contributed by atoms with Gasteiger partial charge in [0.15, 0.2) is 5.78 Å². The quantitative estimate of drug-likeness (QED) is 0.783. The number of carbonyl (C=O) groups excluding carboxylic acids is 1. The molecule has 0 unspecified atom stereocenters. The summed E-state index contributed by atoms with van der Waals surface area (Å²) in [4.78, 5) is 16.5. The molecule has 1 heterocycles. The number of ketones is 1. The van der Waals surface area contributed by atoms with E-state index in [2.05, 4.69) is 23.9 Å². The maximum absolute atomic E-state index is 12.3. The van der Waals surface area contributed by atoms with Gasteiger partial charge >= 0.3 is 0 Å². The number of aromatic nitrogens is 3. The van der Waals surface area contributed by atoms with Crippen molar-refractivity contribution in [3.63, 3.8) is 0 Å². The van der Waals surface area contributed by atoms with E-state index in [1.807, 2.05) is 38.1 Å². The minimum Gasteiger partial charge on any atom is -0.294 e. The molecule has 0 saturated heterocycles. The van der Waals surface area contributed by atoms with E-state index in [9.17, 15) is 4.79 Å². The van der Waals surface area contributed by atoms with E-state index < -0.39 is 0 Å². The molecule has 20 heavy (non-hydrogen) atoms. The van der Waals surface area contributed by atoms with Crippen LogP contribution >= 0.6 is 0 Å². The van der Waals surface area contributed by atoms with E-state index in [0.717, 1.165) is 11.4 Å². The van der Waals surface area contributed by atoms with E-state index in [1.54, 1.807) is 4.68 Å². The van der Waals surface area contributed by atoms with E-state index in [1.165, 1.54) is 11.9 Å². The second-order valence-corrected chi connectivity index (χ2v) is 5.59. The minimum absolute atomic E-state index is 0.0789. The largest absolute Gasteiger partial charge is 0.294 e. The molecule has 4 heteroatoms. The Morgan fingerprint density at radius 3 is 2.35 bits per heavy atom. The van der Waals surface area contributed by atoms with Crippen LogP contribution in [-0.2, 0) is 6.42 Å². The molecule has 1 aromatic carbocycles. The van der Waals surface area contributed by atoms with E-state index >= 15 is 0 Å². The molecule has 0 saturated carbocycles. The number of Topliss-reactive ketones (excluding diaryl/α,β-unsaturated/α-hetero) is 1. The van der Waals surface area contributed by atoms with Gasteiger partial charge in [-0.25, -0.2) is 9.67 Å². The van der Waals surface area contributed by atoms with Crippen molar-refractivity contribution in [3.8, 4) is 0 Å². The van der Waals surface area contributed by atoms with Gasteiger partial charge in [0.25, 0.3) is 0 Å². The molecule has 0 fully saturated rings. The summed E-state index contributed by atoms with van der Waals surface area (Å²) in [5.41, 5.74) is 1.97. The van der Waals surface area contributed by atoms with Crippen LogP contribution in [0.25, 0.3) is 0 Å². The highest BCUT2D eigenvalue weighted by atomic mass is 16.1. The van der Waals surface area contributed by atoms with E-state index in [4.69, 9.17) is 0 Å². The molecule has 106 valence electrons. The first-order chi connectivity index (χ1) is 9.49. The van der Waals surface area contributed by atoms with Gasteiger partial charge in [0.2, 0.25) is 0 Å². The lowest BCUT2D eigenvalue weighted by atomic mass is 9.99. The number of nitrogens with zero attached hydrogens (tertiary/aromatic N) is 3. The predicted molar refractivity (Wildman–Crippen MR) is 79.0 cm³/mol. The zero-order valence-electron chi connectivity index (χ0n) is 12.5. The van der Waals surface area contributed by atoms with Crippen molar-refractivity contribution in [2.75, 3.05) is 0 Å². The average Bonchev–Trinajstić information content (AvgIpc) is 2.87. The Morgan fingerprint density at radius 1 is 1.15 bits per heavy atom. The Balaban J connectivity index is 2.13. The Hall–Kier alpha value is -1.97. The fourth-order valence-corrected chi connectivity index (χ4v) is 2.13. The Kier molecular flexibility index (Phi) is 4.32. The van der Waals surface area contributed by atoms with Crippen LogP contribution < -0.4 is 0 Å². The molecule has 1 aromatic heterocycles. The Labute approximate surface area is 119 Å². The van der Waals surface area contributed by atoms with Gasteiger partial charge < -0.3 is 0 Å². The molecule has 0 bridgehead atoms. The lowest BCUT2D eigenvalue weighted by molar-refractivity contribution is 0.0989. The first kappa shape index (κ1) is 14.4. The monoisotopic (exact) mass is 271 g/mol. The maximum atomic E-state index is 12.3. The van der Waals surface area contributed by atoms with Crippen LogP contribution in [0.4, 0.5) is 0 Å². The highest BCUT2D eigenvalue weighted by Crippen LogP contribution is 2.16. The van der Waals surface area contributed by atoms with Crippen LogP contribution in [0, 0.1) is 0 Å². The molecular weight excluding hydrogens is 250 g/mol.